The molecule has 2 rings (SSSR count). The van der Waals surface area contributed by atoms with E-state index in [0.717, 1.165) is 19.3 Å². The molecule has 2 saturated heterocycles. The van der Waals surface area contributed by atoms with E-state index in [1.807, 2.05) is 33.0 Å². The van der Waals surface area contributed by atoms with E-state index in [1.54, 1.807) is 5.32 Å². The van der Waals surface area contributed by atoms with Gasteiger partial charge in [0.15, 0.2) is 12.6 Å². The van der Waals surface area contributed by atoms with Crippen molar-refractivity contribution in [2.75, 3.05) is 19.8 Å². The molecule has 296 valence electrons. The van der Waals surface area contributed by atoms with Crippen molar-refractivity contribution in [1.82, 2.24) is 10.6 Å². The van der Waals surface area contributed by atoms with Crippen molar-refractivity contribution in [1.29, 1.82) is 0 Å². The SMILES string of the molecule is CC(C)=CC/C(C)=C/CCC(C)CCOP(=O)(O)OP(=O)(O)O[C@@H]1O[C@H](CO)[C@@H](O[C@@H]2O[C@H](CO)[C@@H](O)[C@H](O)[C@H]2NC(=O)O)[C@H](O)[C@H]1NC(=O)O. The second-order valence-corrected chi connectivity index (χ2v) is 15.4. The highest BCUT2D eigenvalue weighted by atomic mass is 31.3. The van der Waals surface area contributed by atoms with Crippen LogP contribution < -0.4 is 10.6 Å². The summed E-state index contributed by atoms with van der Waals surface area (Å²) in [5.74, 6) is 0.0253. The van der Waals surface area contributed by atoms with Gasteiger partial charge in [-0.15, -0.1) is 0 Å². The van der Waals surface area contributed by atoms with Crippen LogP contribution in [0.5, 0.6) is 0 Å². The van der Waals surface area contributed by atoms with E-state index in [-0.39, 0.29) is 18.9 Å². The van der Waals surface area contributed by atoms with Crippen molar-refractivity contribution < 1.29 is 91.8 Å². The summed E-state index contributed by atoms with van der Waals surface area (Å²) in [6.45, 7) is 5.58. The molecule has 0 aromatic rings. The number of aliphatic hydroxyl groups is 5. The molecule has 2 aliphatic rings. The third-order valence-corrected chi connectivity index (χ3v) is 10.5. The second kappa shape index (κ2) is 20.4. The summed E-state index contributed by atoms with van der Waals surface area (Å²) < 4.78 is 55.6. The van der Waals surface area contributed by atoms with Crippen molar-refractivity contribution in [3.63, 3.8) is 0 Å². The number of carbonyl (C=O) groups is 2. The van der Waals surface area contributed by atoms with Crippen LogP contribution in [-0.4, -0.2) is 139 Å². The third kappa shape index (κ3) is 14.7. The maximum absolute atomic E-state index is 12.8. The highest BCUT2D eigenvalue weighted by Crippen LogP contribution is 2.61. The lowest BCUT2D eigenvalue weighted by molar-refractivity contribution is -0.325. The maximum atomic E-state index is 12.8. The fourth-order valence-corrected chi connectivity index (χ4v) is 7.32. The largest absolute Gasteiger partial charge is 0.483 e. The topological polar surface area (TPSA) is 330 Å². The minimum Gasteiger partial charge on any atom is -0.465 e. The van der Waals surface area contributed by atoms with Crippen LogP contribution >= 0.6 is 15.6 Å². The summed E-state index contributed by atoms with van der Waals surface area (Å²) >= 11 is 0. The third-order valence-electron chi connectivity index (χ3n) is 7.90. The van der Waals surface area contributed by atoms with E-state index in [4.69, 9.17) is 23.3 Å². The maximum Gasteiger partial charge on any atom is 0.483 e. The van der Waals surface area contributed by atoms with Gasteiger partial charge < -0.3 is 70.4 Å². The molecule has 11 N–H and O–H groups in total. The number of phosphoric ester groups is 2. The average Bonchev–Trinajstić information content (AvgIpc) is 3.01. The zero-order chi connectivity index (χ0) is 38.7. The monoisotopic (exact) mass is 780 g/mol. The first-order valence-corrected chi connectivity index (χ1v) is 18.9. The molecular weight excluding hydrogens is 730 g/mol. The first-order valence-electron chi connectivity index (χ1n) is 15.9. The Labute approximate surface area is 294 Å². The van der Waals surface area contributed by atoms with Gasteiger partial charge >= 0.3 is 27.8 Å². The Kier molecular flexibility index (Phi) is 18.1. The lowest BCUT2D eigenvalue weighted by atomic mass is 9.95. The van der Waals surface area contributed by atoms with Crippen LogP contribution in [0.4, 0.5) is 9.59 Å². The Morgan fingerprint density at radius 3 is 1.94 bits per heavy atom. The number of ether oxygens (including phenoxy) is 3. The van der Waals surface area contributed by atoms with Crippen molar-refractivity contribution in [2.45, 2.75) is 115 Å². The van der Waals surface area contributed by atoms with Gasteiger partial charge in [-0.25, -0.2) is 18.7 Å². The fraction of sp³-hybridized carbons (Fsp3) is 0.786. The van der Waals surface area contributed by atoms with Gasteiger partial charge in [-0.05, 0) is 52.4 Å². The van der Waals surface area contributed by atoms with Gasteiger partial charge in [-0.2, -0.15) is 4.31 Å². The molecule has 23 heteroatoms. The van der Waals surface area contributed by atoms with Crippen LogP contribution in [-0.2, 0) is 36.7 Å². The van der Waals surface area contributed by atoms with E-state index >= 15 is 0 Å². The number of hydrogen-bond donors (Lipinski definition) is 11. The molecule has 3 unspecified atom stereocenters. The molecule has 0 aromatic carbocycles. The summed E-state index contributed by atoms with van der Waals surface area (Å²) in [5, 5.41) is 73.4. The Morgan fingerprint density at radius 2 is 1.39 bits per heavy atom. The molecule has 51 heavy (non-hydrogen) atoms. The molecule has 2 aliphatic heterocycles. The van der Waals surface area contributed by atoms with Crippen LogP contribution in [0.15, 0.2) is 23.3 Å². The molecule has 2 amide bonds. The zero-order valence-corrected chi connectivity index (χ0v) is 30.2. The molecule has 2 heterocycles. The molecule has 13 atom stereocenters. The van der Waals surface area contributed by atoms with Crippen LogP contribution in [0.1, 0.15) is 53.4 Å². The van der Waals surface area contributed by atoms with Gasteiger partial charge in [0, 0.05) is 0 Å². The number of rotatable bonds is 19. The number of carboxylic acid groups (broad SMARTS) is 2. The van der Waals surface area contributed by atoms with Gasteiger partial charge in [0.2, 0.25) is 0 Å². The number of nitrogens with one attached hydrogen (secondary N) is 2. The Morgan fingerprint density at radius 1 is 0.824 bits per heavy atom. The molecule has 0 saturated carbocycles. The van der Waals surface area contributed by atoms with Crippen molar-refractivity contribution in [3.8, 4) is 0 Å². The van der Waals surface area contributed by atoms with E-state index in [1.165, 1.54) is 11.1 Å². The quantitative estimate of drug-likeness (QED) is 0.0628. The first kappa shape index (κ1) is 45.1. The number of hydrogen-bond acceptors (Lipinski definition) is 15. The normalized spacial score (nSPS) is 33.0. The predicted octanol–water partition coefficient (Wildman–Crippen LogP) is 0.521. The van der Waals surface area contributed by atoms with Crippen LogP contribution in [0.3, 0.4) is 0 Å². The van der Waals surface area contributed by atoms with Crippen molar-refractivity contribution in [2.24, 2.45) is 5.92 Å². The van der Waals surface area contributed by atoms with Gasteiger partial charge in [0.05, 0.1) is 19.8 Å². The molecule has 0 radical (unpaired) electrons. The second-order valence-electron chi connectivity index (χ2n) is 12.4. The van der Waals surface area contributed by atoms with E-state index in [0.29, 0.717) is 0 Å². The zero-order valence-electron chi connectivity index (χ0n) is 28.5. The number of aliphatic hydroxyl groups excluding tert-OH is 5. The lowest BCUT2D eigenvalue weighted by Crippen LogP contribution is -2.69. The highest BCUT2D eigenvalue weighted by molar-refractivity contribution is 7.61. The summed E-state index contributed by atoms with van der Waals surface area (Å²) in [6, 6.07) is -3.82. The van der Waals surface area contributed by atoms with E-state index in [2.05, 4.69) is 16.5 Å². The highest BCUT2D eigenvalue weighted by Gasteiger charge is 2.54. The Hall–Kier alpha value is -2.04. The van der Waals surface area contributed by atoms with Gasteiger partial charge in [-0.1, -0.05) is 30.2 Å². The average molecular weight is 781 g/mol. The van der Waals surface area contributed by atoms with E-state index < -0.39 is 102 Å². The summed E-state index contributed by atoms with van der Waals surface area (Å²) in [4.78, 5) is 43.3. The molecule has 0 aliphatic carbocycles. The van der Waals surface area contributed by atoms with E-state index in [9.17, 15) is 64.3 Å². The van der Waals surface area contributed by atoms with Crippen molar-refractivity contribution >= 4 is 27.8 Å². The first-order chi connectivity index (χ1) is 23.7. The van der Waals surface area contributed by atoms with Gasteiger partial charge in [0.25, 0.3) is 0 Å². The molecule has 2 fully saturated rings. The van der Waals surface area contributed by atoms with Crippen LogP contribution in [0, 0.1) is 5.92 Å². The Bertz CT molecular complexity index is 1300. The molecule has 0 bridgehead atoms. The molecule has 0 aromatic heterocycles. The minimum atomic E-state index is -5.67. The Balaban J connectivity index is 2.11. The summed E-state index contributed by atoms with van der Waals surface area (Å²) in [5.41, 5.74) is 2.39. The summed E-state index contributed by atoms with van der Waals surface area (Å²) in [7, 11) is -11.0. The smallest absolute Gasteiger partial charge is 0.465 e. The number of amides is 2. The minimum absolute atomic E-state index is 0.0253. The molecule has 0 spiro atoms. The number of phosphoric acid groups is 2. The molecular formula is C28H50N2O19P2. The number of allylic oxidation sites excluding steroid dienone is 4. The van der Waals surface area contributed by atoms with Crippen LogP contribution in [0.2, 0.25) is 0 Å². The summed E-state index contributed by atoms with van der Waals surface area (Å²) in [6.07, 6.45) is -12.1. The van der Waals surface area contributed by atoms with Crippen LogP contribution in [0.25, 0.3) is 0 Å². The standard InChI is InChI=1S/C28H50N2O19P2/c1-14(2)8-9-15(3)6-5-7-16(4)10-11-44-50(40,41)49-51(42,43)48-26-20(30-28(38)39)23(35)24(18(13-32)46-26)47-25-19(29-27(36)37)22(34)21(33)17(12-31)45-25/h6,8,16-26,29-35H,5,7,9-13H2,1-4H3,(H,36,37)(H,38,39)(H,40,41)(H,42,43)/b15-6+/t16?,17-,18-,19-,20-,21-,22-,23-,24-,25+,26+/m1/s1. The van der Waals surface area contributed by atoms with Gasteiger partial charge in [0.1, 0.15) is 48.7 Å². The molecule has 21 nitrogen and oxygen atoms in total. The predicted molar refractivity (Wildman–Crippen MR) is 173 cm³/mol. The lowest BCUT2D eigenvalue weighted by Gasteiger charge is -2.47. The van der Waals surface area contributed by atoms with Crippen molar-refractivity contribution in [3.05, 3.63) is 23.3 Å². The fourth-order valence-electron chi connectivity index (χ4n) is 5.15. The van der Waals surface area contributed by atoms with Gasteiger partial charge in [-0.3, -0.25) is 9.05 Å².